The summed E-state index contributed by atoms with van der Waals surface area (Å²) in [5.74, 6) is 0.562. The number of rotatable bonds is 4. The maximum Gasteiger partial charge on any atom is 0.227 e. The maximum absolute atomic E-state index is 12.4. The minimum absolute atomic E-state index is 0.211. The number of aromatic nitrogens is 1. The number of hydrogen-bond donors (Lipinski definition) is 1. The predicted octanol–water partition coefficient (Wildman–Crippen LogP) is 2.42. The molecule has 2 aliphatic heterocycles. The number of carbonyl (C=O) groups is 1. The highest BCUT2D eigenvalue weighted by Crippen LogP contribution is 2.32. The summed E-state index contributed by atoms with van der Waals surface area (Å²) in [6.45, 7) is 3.36. The molecule has 2 aromatic rings. The second-order valence-electron chi connectivity index (χ2n) is 7.46. The van der Waals surface area contributed by atoms with Crippen LogP contribution in [0, 0.1) is 5.92 Å². The molecule has 1 amide bonds. The monoisotopic (exact) mass is 351 g/mol. The molecule has 0 aliphatic carbocycles. The van der Waals surface area contributed by atoms with Crippen LogP contribution in [0.2, 0.25) is 0 Å². The van der Waals surface area contributed by atoms with Gasteiger partial charge in [-0.15, -0.1) is 0 Å². The fourth-order valence-electron chi connectivity index (χ4n) is 4.13. The van der Waals surface area contributed by atoms with E-state index in [2.05, 4.69) is 9.88 Å². The van der Waals surface area contributed by atoms with Crippen molar-refractivity contribution in [1.82, 2.24) is 9.88 Å². The second kappa shape index (κ2) is 7.17. The lowest BCUT2D eigenvalue weighted by Crippen LogP contribution is -2.44. The van der Waals surface area contributed by atoms with Crippen LogP contribution in [0.1, 0.15) is 25.0 Å². The highest BCUT2D eigenvalue weighted by molar-refractivity contribution is 5.95. The summed E-state index contributed by atoms with van der Waals surface area (Å²) in [6.07, 6.45) is 3.72. The molecule has 0 saturated carbocycles. The molecule has 1 N–H and O–H groups in total. The number of aliphatic hydroxyl groups is 1. The Morgan fingerprint density at radius 1 is 1.08 bits per heavy atom. The van der Waals surface area contributed by atoms with Gasteiger partial charge >= 0.3 is 0 Å². The highest BCUT2D eigenvalue weighted by Gasteiger charge is 2.37. The molecule has 0 radical (unpaired) electrons. The first-order valence-electron chi connectivity index (χ1n) is 9.36. The number of nitrogens with zero attached hydrogens (tertiary/aromatic N) is 3. The molecule has 4 rings (SSSR count). The number of hydrogen-bond acceptors (Lipinski definition) is 4. The van der Waals surface area contributed by atoms with Crippen molar-refractivity contribution in [1.29, 1.82) is 0 Å². The summed E-state index contributed by atoms with van der Waals surface area (Å²) in [6, 6.07) is 15.6. The Morgan fingerprint density at radius 3 is 2.50 bits per heavy atom. The number of amides is 1. The van der Waals surface area contributed by atoms with E-state index in [1.165, 1.54) is 0 Å². The number of likely N-dealkylation sites (tertiary alicyclic amines) is 1. The lowest BCUT2D eigenvalue weighted by Gasteiger charge is -2.38. The second-order valence-corrected chi connectivity index (χ2v) is 7.46. The van der Waals surface area contributed by atoms with E-state index in [1.807, 2.05) is 53.4 Å². The normalized spacial score (nSPS) is 23.3. The average molecular weight is 351 g/mol. The first kappa shape index (κ1) is 17.2. The van der Waals surface area contributed by atoms with Gasteiger partial charge < -0.3 is 14.9 Å². The Morgan fingerprint density at radius 2 is 1.81 bits per heavy atom. The van der Waals surface area contributed by atoms with Gasteiger partial charge in [-0.05, 0) is 43.0 Å². The molecule has 1 atom stereocenters. The molecular weight excluding hydrogens is 326 g/mol. The molecular formula is C21H25N3O2. The van der Waals surface area contributed by atoms with Gasteiger partial charge in [0.25, 0.3) is 0 Å². The zero-order chi connectivity index (χ0) is 18.0. The van der Waals surface area contributed by atoms with Crippen LogP contribution in [0.4, 0.5) is 5.69 Å². The molecule has 26 heavy (non-hydrogen) atoms. The van der Waals surface area contributed by atoms with E-state index >= 15 is 0 Å². The Hall–Kier alpha value is -2.24. The van der Waals surface area contributed by atoms with Gasteiger partial charge in [0.05, 0.1) is 5.69 Å². The van der Waals surface area contributed by atoms with Crippen LogP contribution >= 0.6 is 0 Å². The Balaban J connectivity index is 1.33. The summed E-state index contributed by atoms with van der Waals surface area (Å²) in [5, 5.41) is 10.9. The molecule has 1 aromatic carbocycles. The number of carbonyl (C=O) groups excluding carboxylic acids is 1. The number of benzene rings is 1. The molecule has 0 spiro atoms. The van der Waals surface area contributed by atoms with Crippen LogP contribution in [0.3, 0.4) is 0 Å². The largest absolute Gasteiger partial charge is 0.383 e. The van der Waals surface area contributed by atoms with E-state index in [0.29, 0.717) is 25.2 Å². The number of pyridine rings is 1. The zero-order valence-corrected chi connectivity index (χ0v) is 14.9. The van der Waals surface area contributed by atoms with Gasteiger partial charge in [0.15, 0.2) is 0 Å². The summed E-state index contributed by atoms with van der Waals surface area (Å²) in [5.41, 5.74) is 0.938. The number of piperidine rings is 1. The van der Waals surface area contributed by atoms with Crippen molar-refractivity contribution in [3.05, 3.63) is 60.4 Å². The summed E-state index contributed by atoms with van der Waals surface area (Å²) in [4.78, 5) is 21.0. The van der Waals surface area contributed by atoms with Gasteiger partial charge in [-0.2, -0.15) is 0 Å². The molecule has 0 unspecified atom stereocenters. The zero-order valence-electron chi connectivity index (χ0n) is 14.9. The van der Waals surface area contributed by atoms with E-state index in [9.17, 15) is 9.90 Å². The molecule has 1 aromatic heterocycles. The molecule has 0 bridgehead atoms. The lowest BCUT2D eigenvalue weighted by atomic mass is 9.87. The lowest BCUT2D eigenvalue weighted by molar-refractivity contribution is -0.117. The first-order chi connectivity index (χ1) is 12.6. The smallest absolute Gasteiger partial charge is 0.227 e. The van der Waals surface area contributed by atoms with Crippen molar-refractivity contribution < 1.29 is 9.90 Å². The molecule has 2 aliphatic rings. The van der Waals surface area contributed by atoms with Gasteiger partial charge in [0.2, 0.25) is 5.91 Å². The van der Waals surface area contributed by atoms with Gasteiger partial charge in [-0.3, -0.25) is 9.78 Å². The quantitative estimate of drug-likeness (QED) is 0.919. The van der Waals surface area contributed by atoms with E-state index in [-0.39, 0.29) is 5.91 Å². The van der Waals surface area contributed by atoms with Crippen LogP contribution in [0.5, 0.6) is 0 Å². The van der Waals surface area contributed by atoms with E-state index in [0.717, 1.165) is 37.6 Å². The average Bonchev–Trinajstić information content (AvgIpc) is 3.05. The highest BCUT2D eigenvalue weighted by atomic mass is 16.3. The molecule has 2 saturated heterocycles. The van der Waals surface area contributed by atoms with Gasteiger partial charge in [-0.1, -0.05) is 24.3 Å². The minimum atomic E-state index is -0.820. The SMILES string of the molecule is O=C1C[C@H](CN2CCC(O)(c3ccccn3)CC2)CN1c1ccccc1. The standard InChI is InChI=1S/C21H25N3O2/c25-20-14-17(16-24(20)18-6-2-1-3-7-18)15-23-12-9-21(26,10-13-23)19-8-4-5-11-22-19/h1-8,11,17,26H,9-10,12-16H2/t17-/m1/s1. The van der Waals surface area contributed by atoms with E-state index < -0.39 is 5.60 Å². The molecule has 3 heterocycles. The van der Waals surface area contributed by atoms with Crippen molar-refractivity contribution in [3.8, 4) is 0 Å². The summed E-state index contributed by atoms with van der Waals surface area (Å²) < 4.78 is 0. The van der Waals surface area contributed by atoms with E-state index in [4.69, 9.17) is 0 Å². The first-order valence-corrected chi connectivity index (χ1v) is 9.36. The summed E-state index contributed by atoms with van der Waals surface area (Å²) in [7, 11) is 0. The minimum Gasteiger partial charge on any atom is -0.383 e. The Labute approximate surface area is 154 Å². The third-order valence-corrected chi connectivity index (χ3v) is 5.61. The van der Waals surface area contributed by atoms with Crippen LogP contribution in [0.25, 0.3) is 0 Å². The van der Waals surface area contributed by atoms with E-state index in [1.54, 1.807) is 6.20 Å². The van der Waals surface area contributed by atoms with Crippen LogP contribution in [-0.2, 0) is 10.4 Å². The molecule has 5 heteroatoms. The Kier molecular flexibility index (Phi) is 4.74. The fourth-order valence-corrected chi connectivity index (χ4v) is 4.13. The fraction of sp³-hybridized carbons (Fsp3) is 0.429. The van der Waals surface area contributed by atoms with Gasteiger partial charge in [-0.25, -0.2) is 0 Å². The molecule has 2 fully saturated rings. The predicted molar refractivity (Wildman–Crippen MR) is 101 cm³/mol. The third-order valence-electron chi connectivity index (χ3n) is 5.61. The Bertz CT molecular complexity index is 742. The van der Waals surface area contributed by atoms with Crippen molar-refractivity contribution in [2.24, 2.45) is 5.92 Å². The number of para-hydroxylation sites is 1. The van der Waals surface area contributed by atoms with Crippen molar-refractivity contribution in [2.45, 2.75) is 24.9 Å². The van der Waals surface area contributed by atoms with Gasteiger partial charge in [0.1, 0.15) is 5.60 Å². The number of anilines is 1. The molecule has 136 valence electrons. The summed E-state index contributed by atoms with van der Waals surface area (Å²) >= 11 is 0. The van der Waals surface area contributed by atoms with Gasteiger partial charge in [0, 0.05) is 44.5 Å². The van der Waals surface area contributed by atoms with Crippen molar-refractivity contribution in [3.63, 3.8) is 0 Å². The maximum atomic E-state index is 12.4. The van der Waals surface area contributed by atoms with Crippen LogP contribution < -0.4 is 4.90 Å². The third kappa shape index (κ3) is 3.50. The van der Waals surface area contributed by atoms with Crippen molar-refractivity contribution in [2.75, 3.05) is 31.1 Å². The van der Waals surface area contributed by atoms with Crippen LogP contribution in [0.15, 0.2) is 54.7 Å². The molecule has 5 nitrogen and oxygen atoms in total. The topological polar surface area (TPSA) is 56.7 Å². The van der Waals surface area contributed by atoms with Crippen LogP contribution in [-0.4, -0.2) is 47.1 Å². The van der Waals surface area contributed by atoms with Crippen molar-refractivity contribution >= 4 is 11.6 Å².